The van der Waals surface area contributed by atoms with Gasteiger partial charge in [0.1, 0.15) is 0 Å². The van der Waals surface area contributed by atoms with Gasteiger partial charge < -0.3 is 53.5 Å². The van der Waals surface area contributed by atoms with Crippen LogP contribution in [0.5, 0.6) is 0 Å². The fraction of sp³-hybridized carbons (Fsp3) is 0.830. The van der Waals surface area contributed by atoms with Crippen molar-refractivity contribution in [3.05, 3.63) is 42.0 Å². The minimum absolute atomic E-state index is 0.0213. The Labute approximate surface area is 422 Å². The van der Waals surface area contributed by atoms with Crippen LogP contribution in [-0.2, 0) is 59.9 Å². The maximum Gasteiger partial charge on any atom is 0.646 e. The zero-order valence-corrected chi connectivity index (χ0v) is 50.7. The third kappa shape index (κ3) is 8.58. The van der Waals surface area contributed by atoms with Crippen molar-refractivity contribution in [2.75, 3.05) is 0 Å². The highest BCUT2D eigenvalue weighted by Crippen LogP contribution is 2.66. The van der Waals surface area contributed by atoms with Crippen molar-refractivity contribution >= 4 is 85.1 Å². The van der Waals surface area contributed by atoms with Crippen LogP contribution in [0.2, 0.25) is 57.9 Å². The molecule has 0 atom stereocenters. The monoisotopic (exact) mass is 1100 g/mol. The Kier molecular flexibility index (Phi) is 13.2. The lowest BCUT2D eigenvalue weighted by molar-refractivity contribution is -0.0610. The second-order valence-corrected chi connectivity index (χ2v) is 53.9. The largest absolute Gasteiger partial charge is 0.646 e. The minimum Gasteiger partial charge on any atom is -0.395 e. The van der Waals surface area contributed by atoms with Gasteiger partial charge in [0.2, 0.25) is 0 Å². The smallest absolute Gasteiger partial charge is 0.395 e. The Balaban J connectivity index is 1.08. The molecule has 0 radical (unpaired) electrons. The fourth-order valence-electron chi connectivity index (χ4n) is 15.3. The van der Waals surface area contributed by atoms with Crippen molar-refractivity contribution in [2.24, 2.45) is 0 Å². The van der Waals surface area contributed by atoms with Gasteiger partial charge in [-0.25, -0.2) is 0 Å². The Hall–Kier alpha value is 0.392. The molecule has 8 bridgehead atoms. The van der Waals surface area contributed by atoms with Crippen LogP contribution in [0.3, 0.4) is 0 Å². The predicted molar refractivity (Wildman–Crippen MR) is 278 cm³/mol. The van der Waals surface area contributed by atoms with Crippen molar-refractivity contribution in [3.63, 3.8) is 0 Å². The maximum atomic E-state index is 8.53. The van der Waals surface area contributed by atoms with Crippen LogP contribution >= 0.6 is 0 Å². The SMILES string of the molecule is C=Cc1cccc(CC[Si](C)(C)O[Si]23O[Si]4(C5CCCC5)O[Si]5(C6CCCC6)O[Si](C6CCCC6)(O2)O[Si]2(C6CCCC6)O[Si](C6CCCC6)(O3)O[Si](C3CCCC3)(O4)O[Si](C3CCCC3)(O5)O2)c1. The molecule has 7 saturated carbocycles. The molecule has 13 aliphatic rings. The maximum absolute atomic E-state index is 8.53. The van der Waals surface area contributed by atoms with Gasteiger partial charge >= 0.3 is 70.7 Å². The molecule has 14 rings (SSSR count). The lowest BCUT2D eigenvalue weighted by atomic mass is 10.1. The third-order valence-electron chi connectivity index (χ3n) is 19.0. The molecular formula is C47H80O13Si9. The van der Waals surface area contributed by atoms with E-state index >= 15 is 0 Å². The number of rotatable bonds is 13. The van der Waals surface area contributed by atoms with Crippen molar-refractivity contribution < 1.29 is 53.5 Å². The van der Waals surface area contributed by atoms with Gasteiger partial charge in [-0.05, 0) is 127 Å². The lowest BCUT2D eigenvalue weighted by Crippen LogP contribution is -2.91. The Bertz CT molecular complexity index is 1870. The van der Waals surface area contributed by atoms with E-state index in [0.717, 1.165) is 198 Å². The van der Waals surface area contributed by atoms with E-state index in [0.29, 0.717) is 0 Å². The number of hydrogen-bond acceptors (Lipinski definition) is 13. The van der Waals surface area contributed by atoms with Crippen LogP contribution in [0, 0.1) is 0 Å². The van der Waals surface area contributed by atoms with Crippen molar-refractivity contribution in [2.45, 2.75) is 244 Å². The summed E-state index contributed by atoms with van der Waals surface area (Å²) in [7, 11) is -35.6. The normalized spacial score (nSPS) is 44.1. The summed E-state index contributed by atoms with van der Waals surface area (Å²) < 4.78 is 110. The molecule has 1 aromatic rings. The molecular weight excluding hydrogens is 1030 g/mol. The van der Waals surface area contributed by atoms with Gasteiger partial charge in [0.05, 0.1) is 0 Å². The number of aryl methyl sites for hydroxylation is 1. The first-order valence-corrected chi connectivity index (χ1v) is 45.6. The van der Waals surface area contributed by atoms with Crippen LogP contribution in [0.1, 0.15) is 191 Å². The topological polar surface area (TPSA) is 120 Å². The van der Waals surface area contributed by atoms with Gasteiger partial charge in [-0.3, -0.25) is 0 Å². The number of benzene rings is 1. The Morgan fingerprint density at radius 1 is 0.435 bits per heavy atom. The molecule has 13 fully saturated rings. The van der Waals surface area contributed by atoms with Crippen molar-refractivity contribution in [1.29, 1.82) is 0 Å². The molecule has 0 unspecified atom stereocenters. The third-order valence-corrected chi connectivity index (χ3v) is 61.6. The molecule has 6 saturated heterocycles. The summed E-state index contributed by atoms with van der Waals surface area (Å²) in [5, 5.41) is 0. The van der Waals surface area contributed by atoms with Gasteiger partial charge in [-0.1, -0.05) is 127 Å². The summed E-state index contributed by atoms with van der Waals surface area (Å²) >= 11 is 0. The van der Waals surface area contributed by atoms with Crippen molar-refractivity contribution in [3.8, 4) is 0 Å². The van der Waals surface area contributed by atoms with Gasteiger partial charge in [0.25, 0.3) is 0 Å². The van der Waals surface area contributed by atoms with E-state index in [9.17, 15) is 0 Å². The Morgan fingerprint density at radius 3 is 0.957 bits per heavy atom. The zero-order chi connectivity index (χ0) is 46.6. The summed E-state index contributed by atoms with van der Waals surface area (Å²) in [4.78, 5) is 0. The predicted octanol–water partition coefficient (Wildman–Crippen LogP) is 13.0. The second kappa shape index (κ2) is 18.6. The summed E-state index contributed by atoms with van der Waals surface area (Å²) in [6.07, 6.45) is 31.2. The molecule has 69 heavy (non-hydrogen) atoms. The molecule has 0 amide bonds. The first-order chi connectivity index (χ1) is 33.4. The van der Waals surface area contributed by atoms with E-state index in [1.165, 1.54) is 5.56 Å². The second-order valence-electron chi connectivity index (χ2n) is 24.1. The van der Waals surface area contributed by atoms with Gasteiger partial charge in [-0.15, -0.1) is 0 Å². The molecule has 13 nitrogen and oxygen atoms in total. The molecule has 6 aliphatic heterocycles. The quantitative estimate of drug-likeness (QED) is 0.175. The van der Waals surface area contributed by atoms with Gasteiger partial charge in [-0.2, -0.15) is 0 Å². The van der Waals surface area contributed by atoms with E-state index in [2.05, 4.69) is 43.9 Å². The van der Waals surface area contributed by atoms with Crippen molar-refractivity contribution in [1.82, 2.24) is 0 Å². The van der Waals surface area contributed by atoms with Crippen LogP contribution in [0.15, 0.2) is 30.8 Å². The summed E-state index contributed by atoms with van der Waals surface area (Å²) in [5.74, 6) is 0. The van der Waals surface area contributed by atoms with Crippen LogP contribution < -0.4 is 0 Å². The standard InChI is InChI=1S/C47H80O13Si9/c1-4-39-20-19-21-40(38-39)36-37-61(2,3)48-69-58-66(45-30-13-14-31-45)52-63(42-24-7-8-25-42)49-62(41-22-5-6-23-41)50-64(54-66,43-26-9-10-27-43)56-68(60-69,47-34-17-18-35-47)57-65(51-62,44-28-11-12-29-44)55-67(53-63,59-69)46-32-15-16-33-46/h4,19-21,38,41-47H,1,5-18,22-37H2,2-3H3. The van der Waals surface area contributed by atoms with E-state index in [4.69, 9.17) is 53.5 Å². The molecule has 7 aliphatic carbocycles. The van der Waals surface area contributed by atoms with Crippen LogP contribution in [0.25, 0.3) is 6.08 Å². The van der Waals surface area contributed by atoms with E-state index in [1.807, 2.05) is 6.08 Å². The molecule has 1 aromatic carbocycles. The summed E-state index contributed by atoms with van der Waals surface area (Å²) in [5.41, 5.74) is 2.40. The van der Waals surface area contributed by atoms with Gasteiger partial charge in [0.15, 0.2) is 8.32 Å². The van der Waals surface area contributed by atoms with E-state index in [-0.39, 0.29) is 38.8 Å². The van der Waals surface area contributed by atoms with Crippen LogP contribution in [-0.4, -0.2) is 79.0 Å². The molecule has 22 heteroatoms. The molecule has 0 aromatic heterocycles. The molecule has 0 spiro atoms. The summed E-state index contributed by atoms with van der Waals surface area (Å²) in [6.45, 7) is 8.72. The fourth-order valence-corrected chi connectivity index (χ4v) is 74.2. The first kappa shape index (κ1) is 49.0. The minimum atomic E-state index is -4.53. The van der Waals surface area contributed by atoms with Gasteiger partial charge in [0, 0.05) is 38.8 Å². The zero-order valence-electron chi connectivity index (χ0n) is 41.7. The Morgan fingerprint density at radius 2 is 0.696 bits per heavy atom. The average Bonchev–Trinajstić information content (AvgIpc) is 4.16. The molecule has 382 valence electrons. The summed E-state index contributed by atoms with van der Waals surface area (Å²) in [6, 6.07) is 9.55. The molecule has 0 N–H and O–H groups in total. The highest BCUT2D eigenvalue weighted by atomic mass is 28.6. The highest BCUT2D eigenvalue weighted by molar-refractivity contribution is 7.04. The number of hydrogen-bond donors (Lipinski definition) is 0. The lowest BCUT2D eigenvalue weighted by Gasteiger charge is -2.66. The average molecular weight is 1110 g/mol. The highest BCUT2D eigenvalue weighted by Gasteiger charge is 2.89. The molecule has 6 heterocycles. The first-order valence-electron chi connectivity index (χ1n) is 28.3. The van der Waals surface area contributed by atoms with Crippen LogP contribution in [0.4, 0.5) is 0 Å². The van der Waals surface area contributed by atoms with E-state index in [1.54, 1.807) is 0 Å². The van der Waals surface area contributed by atoms with E-state index < -0.39 is 79.0 Å².